The Bertz CT molecular complexity index is 1730. The van der Waals surface area contributed by atoms with Crippen molar-refractivity contribution < 1.29 is 17.7 Å². The molecule has 0 spiro atoms. The van der Waals surface area contributed by atoms with Gasteiger partial charge in [0.05, 0.1) is 35.7 Å². The Morgan fingerprint density at radius 3 is 2.61 bits per heavy atom. The topological polar surface area (TPSA) is 119 Å². The van der Waals surface area contributed by atoms with Gasteiger partial charge < -0.3 is 9.64 Å². The fourth-order valence-electron chi connectivity index (χ4n) is 4.15. The standard InChI is InChI=1S/C28H19ClN4O4S/c1-32-24(18-31)28(23-9-4-7-19-6-2-3-8-22(19)23)20(17-30)10-13-27-33(14-5-15-38(34,35)36)25-16-21(29)11-12-26(25)37-27/h2-4,6-13,16H,5,14-15H2,(H,34,35,36)/b20-10+,27-13+,28-24+. The maximum absolute atomic E-state index is 11.2. The summed E-state index contributed by atoms with van der Waals surface area (Å²) in [6, 6.07) is 21.9. The first-order valence-electron chi connectivity index (χ1n) is 11.3. The summed E-state index contributed by atoms with van der Waals surface area (Å²) < 4.78 is 37.5. The molecule has 8 nitrogen and oxygen atoms in total. The van der Waals surface area contributed by atoms with Crippen molar-refractivity contribution >= 4 is 43.8 Å². The highest BCUT2D eigenvalue weighted by atomic mass is 35.5. The highest BCUT2D eigenvalue weighted by Crippen LogP contribution is 2.41. The Hall–Kier alpha value is -4.59. The third kappa shape index (κ3) is 5.70. The number of fused-ring (bicyclic) bond motifs is 2. The van der Waals surface area contributed by atoms with E-state index in [1.165, 1.54) is 12.2 Å². The molecule has 188 valence electrons. The Kier molecular flexibility index (Phi) is 7.81. The predicted molar refractivity (Wildman–Crippen MR) is 145 cm³/mol. The van der Waals surface area contributed by atoms with Crippen molar-refractivity contribution in [2.75, 3.05) is 17.2 Å². The van der Waals surface area contributed by atoms with Gasteiger partial charge in [-0.05, 0) is 47.0 Å². The van der Waals surface area contributed by atoms with Crippen LogP contribution in [0.15, 0.2) is 90.0 Å². The molecule has 10 heteroatoms. The zero-order valence-corrected chi connectivity index (χ0v) is 21.4. The first-order valence-corrected chi connectivity index (χ1v) is 13.3. The molecule has 0 bridgehead atoms. The van der Waals surface area contributed by atoms with Crippen molar-refractivity contribution in [3.05, 3.63) is 112 Å². The van der Waals surface area contributed by atoms with Crippen molar-refractivity contribution in [1.29, 1.82) is 10.5 Å². The van der Waals surface area contributed by atoms with Crippen LogP contribution in [0.4, 0.5) is 5.69 Å². The first-order chi connectivity index (χ1) is 18.3. The molecule has 1 N–H and O–H groups in total. The van der Waals surface area contributed by atoms with Gasteiger partial charge in [-0.2, -0.15) is 13.7 Å². The second-order valence-corrected chi connectivity index (χ2v) is 10.2. The molecule has 0 aliphatic carbocycles. The van der Waals surface area contributed by atoms with Crippen LogP contribution in [0.25, 0.3) is 21.2 Å². The largest absolute Gasteiger partial charge is 0.439 e. The van der Waals surface area contributed by atoms with Crippen LogP contribution >= 0.6 is 11.6 Å². The third-order valence-corrected chi connectivity index (χ3v) is 6.81. The van der Waals surface area contributed by atoms with E-state index in [0.29, 0.717) is 22.0 Å². The van der Waals surface area contributed by atoms with Gasteiger partial charge in [0.1, 0.15) is 0 Å². The first kappa shape index (κ1) is 26.5. The number of nitriles is 2. The summed E-state index contributed by atoms with van der Waals surface area (Å²) in [4.78, 5) is 5.06. The molecule has 1 aliphatic heterocycles. The van der Waals surface area contributed by atoms with Crippen LogP contribution in [0, 0.1) is 29.2 Å². The van der Waals surface area contributed by atoms with E-state index in [1.807, 2.05) is 36.4 Å². The minimum atomic E-state index is -4.16. The van der Waals surface area contributed by atoms with Gasteiger partial charge in [0.25, 0.3) is 15.8 Å². The van der Waals surface area contributed by atoms with E-state index in [-0.39, 0.29) is 35.7 Å². The third-order valence-electron chi connectivity index (χ3n) is 5.77. The molecule has 0 saturated carbocycles. The molecule has 0 aromatic heterocycles. The fourth-order valence-corrected chi connectivity index (χ4v) is 4.81. The van der Waals surface area contributed by atoms with Gasteiger partial charge in [-0.3, -0.25) is 4.55 Å². The minimum absolute atomic E-state index is 0.0666. The van der Waals surface area contributed by atoms with Crippen molar-refractivity contribution in [2.24, 2.45) is 0 Å². The molecular weight excluding hydrogens is 524 g/mol. The summed E-state index contributed by atoms with van der Waals surface area (Å²) in [6.07, 6.45) is 3.07. The van der Waals surface area contributed by atoms with Crippen LogP contribution < -0.4 is 9.64 Å². The van der Waals surface area contributed by atoms with Crippen molar-refractivity contribution in [1.82, 2.24) is 0 Å². The van der Waals surface area contributed by atoms with Gasteiger partial charge >= 0.3 is 0 Å². The van der Waals surface area contributed by atoms with E-state index in [0.717, 1.165) is 10.8 Å². The van der Waals surface area contributed by atoms with E-state index in [1.54, 1.807) is 35.2 Å². The molecular formula is C28H19ClN4O4S. The summed E-state index contributed by atoms with van der Waals surface area (Å²) in [5.74, 6) is 0.309. The summed E-state index contributed by atoms with van der Waals surface area (Å²) in [5, 5.41) is 21.9. The molecule has 0 saturated heterocycles. The molecule has 0 amide bonds. The van der Waals surface area contributed by atoms with E-state index in [2.05, 4.69) is 10.9 Å². The summed E-state index contributed by atoms with van der Waals surface area (Å²) in [6.45, 7) is 7.73. The lowest BCUT2D eigenvalue weighted by Crippen LogP contribution is -2.23. The molecule has 4 rings (SSSR count). The second-order valence-electron chi connectivity index (χ2n) is 8.18. The molecule has 0 fully saturated rings. The molecule has 1 aliphatic rings. The Balaban J connectivity index is 1.81. The van der Waals surface area contributed by atoms with Gasteiger partial charge in [-0.25, -0.2) is 10.1 Å². The molecule has 38 heavy (non-hydrogen) atoms. The van der Waals surface area contributed by atoms with Crippen LogP contribution in [0.5, 0.6) is 5.75 Å². The average Bonchev–Trinajstić information content (AvgIpc) is 3.24. The van der Waals surface area contributed by atoms with Crippen molar-refractivity contribution in [2.45, 2.75) is 6.42 Å². The number of allylic oxidation sites excluding steroid dienone is 5. The lowest BCUT2D eigenvalue weighted by atomic mass is 9.92. The Morgan fingerprint density at radius 1 is 1.13 bits per heavy atom. The molecule has 3 aromatic rings. The number of benzene rings is 3. The zero-order valence-electron chi connectivity index (χ0n) is 19.8. The van der Waals surface area contributed by atoms with Gasteiger partial charge in [-0.1, -0.05) is 54.1 Å². The quantitative estimate of drug-likeness (QED) is 0.165. The van der Waals surface area contributed by atoms with E-state index in [9.17, 15) is 18.9 Å². The number of nitrogens with zero attached hydrogens (tertiary/aromatic N) is 4. The van der Waals surface area contributed by atoms with Crippen LogP contribution in [0.2, 0.25) is 5.02 Å². The number of ether oxygens (including phenoxy) is 1. The summed E-state index contributed by atoms with van der Waals surface area (Å²) in [5.41, 5.74) is 1.18. The van der Waals surface area contributed by atoms with E-state index < -0.39 is 15.9 Å². The minimum Gasteiger partial charge on any atom is -0.439 e. The van der Waals surface area contributed by atoms with Crippen molar-refractivity contribution in [3.63, 3.8) is 0 Å². The highest BCUT2D eigenvalue weighted by molar-refractivity contribution is 7.85. The molecule has 1 heterocycles. The highest BCUT2D eigenvalue weighted by Gasteiger charge is 2.27. The SMILES string of the molecule is [C-]#[N+]\C(C#N)=C(/C(C#N)=C/C=C1/Oc2ccc(Cl)cc2N1CCCS(=O)(=O)O)c1cccc2ccccc12. The molecule has 0 atom stereocenters. The van der Waals surface area contributed by atoms with Gasteiger partial charge in [-0.15, -0.1) is 0 Å². The Labute approximate surface area is 225 Å². The van der Waals surface area contributed by atoms with E-state index >= 15 is 0 Å². The molecule has 0 radical (unpaired) electrons. The number of hydrogen-bond donors (Lipinski definition) is 1. The summed E-state index contributed by atoms with van der Waals surface area (Å²) in [7, 11) is -4.16. The smallest absolute Gasteiger partial charge is 0.270 e. The maximum atomic E-state index is 11.2. The molecule has 3 aromatic carbocycles. The number of rotatable bonds is 7. The average molecular weight is 543 g/mol. The number of anilines is 1. The lowest BCUT2D eigenvalue weighted by Gasteiger charge is -2.18. The Morgan fingerprint density at radius 2 is 1.89 bits per heavy atom. The van der Waals surface area contributed by atoms with Crippen molar-refractivity contribution in [3.8, 4) is 17.9 Å². The normalized spacial score (nSPS) is 14.8. The predicted octanol–water partition coefficient (Wildman–Crippen LogP) is 6.12. The van der Waals surface area contributed by atoms with Crippen LogP contribution in [0.1, 0.15) is 12.0 Å². The summed E-state index contributed by atoms with van der Waals surface area (Å²) >= 11 is 6.16. The van der Waals surface area contributed by atoms with Crippen LogP contribution in [-0.2, 0) is 10.1 Å². The monoisotopic (exact) mass is 542 g/mol. The van der Waals surface area contributed by atoms with Gasteiger partial charge in [0, 0.05) is 23.2 Å². The van der Waals surface area contributed by atoms with Crippen LogP contribution in [-0.4, -0.2) is 25.3 Å². The second kappa shape index (κ2) is 11.2. The maximum Gasteiger partial charge on any atom is 0.270 e. The van der Waals surface area contributed by atoms with Crippen LogP contribution in [0.3, 0.4) is 0 Å². The van der Waals surface area contributed by atoms with E-state index in [4.69, 9.17) is 27.5 Å². The van der Waals surface area contributed by atoms with Gasteiger partial charge in [0.2, 0.25) is 5.88 Å². The lowest BCUT2D eigenvalue weighted by molar-refractivity contribution is 0.437. The van der Waals surface area contributed by atoms with Gasteiger partial charge in [0.15, 0.2) is 5.75 Å². The molecule has 0 unspecified atom stereocenters. The number of hydrogen-bond acceptors (Lipinski definition) is 6. The fraction of sp³-hybridized carbons (Fsp3) is 0.107. The number of halogens is 1. The zero-order chi connectivity index (χ0) is 27.3.